The molecule has 0 aromatic heterocycles. The zero-order chi connectivity index (χ0) is 11.4. The van der Waals surface area contributed by atoms with Crippen molar-refractivity contribution in [3.63, 3.8) is 0 Å². The van der Waals surface area contributed by atoms with Gasteiger partial charge in [-0.25, -0.2) is 0 Å². The van der Waals surface area contributed by atoms with E-state index in [1.54, 1.807) is 19.2 Å². The van der Waals surface area contributed by atoms with Crippen LogP contribution in [0.1, 0.15) is 22.3 Å². The smallest absolute Gasteiger partial charge is 0.167 e. The highest BCUT2D eigenvalue weighted by molar-refractivity contribution is 7.80. The van der Waals surface area contributed by atoms with Gasteiger partial charge in [0.25, 0.3) is 0 Å². The third-order valence-electron chi connectivity index (χ3n) is 2.12. The summed E-state index contributed by atoms with van der Waals surface area (Å²) in [6, 6.07) is 3.43. The minimum atomic E-state index is 0.00347. The lowest BCUT2D eigenvalue weighted by Gasteiger charge is -2.09. The Bertz CT molecular complexity index is 377. The van der Waals surface area contributed by atoms with Gasteiger partial charge in [-0.2, -0.15) is 12.6 Å². The summed E-state index contributed by atoms with van der Waals surface area (Å²) >= 11 is 9.99. The molecular formula is C11H13ClO2S. The molecule has 1 rings (SSSR count). The third kappa shape index (κ3) is 2.89. The molecule has 0 unspecified atom stereocenters. The minimum absolute atomic E-state index is 0.00347. The maximum absolute atomic E-state index is 11.7. The lowest BCUT2D eigenvalue weighted by Crippen LogP contribution is -2.03. The first-order valence-electron chi connectivity index (χ1n) is 4.58. The van der Waals surface area contributed by atoms with Crippen molar-refractivity contribution >= 4 is 30.0 Å². The van der Waals surface area contributed by atoms with Crippen LogP contribution in [0.25, 0.3) is 0 Å². The number of hydrogen-bond acceptors (Lipinski definition) is 3. The SMILES string of the molecule is COc1cc(C)c(Cl)cc1C(=O)CCS. The summed E-state index contributed by atoms with van der Waals surface area (Å²) in [5.74, 6) is 1.10. The topological polar surface area (TPSA) is 26.3 Å². The summed E-state index contributed by atoms with van der Waals surface area (Å²) in [7, 11) is 1.54. The van der Waals surface area contributed by atoms with Crippen LogP contribution in [0.3, 0.4) is 0 Å². The van der Waals surface area contributed by atoms with E-state index in [0.717, 1.165) is 5.56 Å². The van der Waals surface area contributed by atoms with E-state index in [4.69, 9.17) is 16.3 Å². The van der Waals surface area contributed by atoms with Gasteiger partial charge in [0.2, 0.25) is 0 Å². The number of carbonyl (C=O) groups excluding carboxylic acids is 1. The average Bonchev–Trinajstić information content (AvgIpc) is 2.21. The molecule has 0 saturated heterocycles. The number of ether oxygens (including phenoxy) is 1. The minimum Gasteiger partial charge on any atom is -0.496 e. The first-order chi connectivity index (χ1) is 7.10. The van der Waals surface area contributed by atoms with Gasteiger partial charge in [0, 0.05) is 11.4 Å². The second-order valence-corrected chi connectivity index (χ2v) is 4.05. The molecule has 0 radical (unpaired) electrons. The zero-order valence-corrected chi connectivity index (χ0v) is 10.4. The molecule has 0 aliphatic rings. The Morgan fingerprint density at radius 2 is 2.20 bits per heavy atom. The van der Waals surface area contributed by atoms with Crippen molar-refractivity contribution in [3.8, 4) is 5.75 Å². The number of halogens is 1. The fourth-order valence-electron chi connectivity index (χ4n) is 1.28. The Kier molecular flexibility index (Phi) is 4.48. The van der Waals surface area contributed by atoms with Crippen molar-refractivity contribution in [3.05, 3.63) is 28.3 Å². The molecule has 82 valence electrons. The predicted molar refractivity (Wildman–Crippen MR) is 65.5 cm³/mol. The van der Waals surface area contributed by atoms with Crippen molar-refractivity contribution in [2.75, 3.05) is 12.9 Å². The van der Waals surface area contributed by atoms with Crippen LogP contribution in [0.4, 0.5) is 0 Å². The fraction of sp³-hybridized carbons (Fsp3) is 0.364. The standard InChI is InChI=1S/C11H13ClO2S/c1-7-5-11(14-2)8(6-9(7)12)10(13)3-4-15/h5-6,15H,3-4H2,1-2H3. The second-order valence-electron chi connectivity index (χ2n) is 3.20. The Balaban J connectivity index is 3.15. The van der Waals surface area contributed by atoms with Crippen LogP contribution in [0.2, 0.25) is 5.02 Å². The van der Waals surface area contributed by atoms with E-state index in [1.165, 1.54) is 0 Å². The summed E-state index contributed by atoms with van der Waals surface area (Å²) in [6.45, 7) is 1.87. The normalized spacial score (nSPS) is 10.1. The molecule has 0 fully saturated rings. The highest BCUT2D eigenvalue weighted by atomic mass is 35.5. The highest BCUT2D eigenvalue weighted by Crippen LogP contribution is 2.27. The van der Waals surface area contributed by atoms with Gasteiger partial charge in [0.15, 0.2) is 5.78 Å². The fourth-order valence-corrected chi connectivity index (χ4v) is 1.64. The van der Waals surface area contributed by atoms with E-state index in [9.17, 15) is 4.79 Å². The first-order valence-corrected chi connectivity index (χ1v) is 5.59. The number of hydrogen-bond donors (Lipinski definition) is 1. The lowest BCUT2D eigenvalue weighted by atomic mass is 10.1. The van der Waals surface area contributed by atoms with Gasteiger partial charge in [0.1, 0.15) is 5.75 Å². The lowest BCUT2D eigenvalue weighted by molar-refractivity contribution is 0.0986. The van der Waals surface area contributed by atoms with E-state index in [1.807, 2.05) is 6.92 Å². The molecule has 0 heterocycles. The van der Waals surface area contributed by atoms with Gasteiger partial charge in [0.05, 0.1) is 12.7 Å². The quantitative estimate of drug-likeness (QED) is 0.651. The molecular weight excluding hydrogens is 232 g/mol. The van der Waals surface area contributed by atoms with Crippen LogP contribution < -0.4 is 4.74 Å². The average molecular weight is 245 g/mol. The Labute approximate surface area is 100.0 Å². The second kappa shape index (κ2) is 5.42. The molecule has 0 bridgehead atoms. The van der Waals surface area contributed by atoms with Crippen molar-refractivity contribution in [1.82, 2.24) is 0 Å². The van der Waals surface area contributed by atoms with Gasteiger partial charge in [-0.05, 0) is 30.4 Å². The van der Waals surface area contributed by atoms with Crippen molar-refractivity contribution < 1.29 is 9.53 Å². The number of carbonyl (C=O) groups is 1. The molecule has 0 aliphatic carbocycles. The van der Waals surface area contributed by atoms with Gasteiger partial charge < -0.3 is 4.74 Å². The summed E-state index contributed by atoms with van der Waals surface area (Å²) in [6.07, 6.45) is 0.388. The van der Waals surface area contributed by atoms with Gasteiger partial charge in [-0.3, -0.25) is 4.79 Å². The molecule has 0 N–H and O–H groups in total. The number of Topliss-reactive ketones (excluding diaryl/α,β-unsaturated/α-hetero) is 1. The number of methoxy groups -OCH3 is 1. The number of benzene rings is 1. The molecule has 1 aromatic carbocycles. The Morgan fingerprint density at radius 1 is 1.53 bits per heavy atom. The number of aryl methyl sites for hydroxylation is 1. The molecule has 0 spiro atoms. The molecule has 0 amide bonds. The van der Waals surface area contributed by atoms with E-state index in [-0.39, 0.29) is 5.78 Å². The monoisotopic (exact) mass is 244 g/mol. The maximum atomic E-state index is 11.7. The summed E-state index contributed by atoms with van der Waals surface area (Å²) in [4.78, 5) is 11.7. The van der Waals surface area contributed by atoms with Gasteiger partial charge >= 0.3 is 0 Å². The predicted octanol–water partition coefficient (Wildman–Crippen LogP) is 3.16. The molecule has 2 nitrogen and oxygen atoms in total. The van der Waals surface area contributed by atoms with Crippen molar-refractivity contribution in [2.45, 2.75) is 13.3 Å². The van der Waals surface area contributed by atoms with Crippen molar-refractivity contribution in [1.29, 1.82) is 0 Å². The molecule has 15 heavy (non-hydrogen) atoms. The van der Waals surface area contributed by atoms with Crippen LogP contribution in [0, 0.1) is 6.92 Å². The third-order valence-corrected chi connectivity index (χ3v) is 2.75. The molecule has 1 aromatic rings. The Hall–Kier alpha value is -0.670. The Morgan fingerprint density at radius 3 is 2.73 bits per heavy atom. The summed E-state index contributed by atoms with van der Waals surface area (Å²) in [5.41, 5.74) is 1.43. The van der Waals surface area contributed by atoms with Gasteiger partial charge in [-0.1, -0.05) is 11.6 Å². The van der Waals surface area contributed by atoms with Crippen LogP contribution in [0.5, 0.6) is 5.75 Å². The molecule has 0 atom stereocenters. The van der Waals surface area contributed by atoms with E-state index >= 15 is 0 Å². The summed E-state index contributed by atoms with van der Waals surface area (Å²) < 4.78 is 5.14. The van der Waals surface area contributed by atoms with Crippen LogP contribution >= 0.6 is 24.2 Å². The van der Waals surface area contributed by atoms with E-state index < -0.39 is 0 Å². The van der Waals surface area contributed by atoms with E-state index in [2.05, 4.69) is 12.6 Å². The molecule has 0 aliphatic heterocycles. The van der Waals surface area contributed by atoms with Crippen LogP contribution in [-0.4, -0.2) is 18.6 Å². The number of ketones is 1. The zero-order valence-electron chi connectivity index (χ0n) is 8.71. The summed E-state index contributed by atoms with van der Waals surface area (Å²) in [5, 5.41) is 0.582. The number of thiol groups is 1. The van der Waals surface area contributed by atoms with Crippen molar-refractivity contribution in [2.24, 2.45) is 0 Å². The largest absolute Gasteiger partial charge is 0.496 e. The molecule has 4 heteroatoms. The van der Waals surface area contributed by atoms with Crippen LogP contribution in [-0.2, 0) is 0 Å². The maximum Gasteiger partial charge on any atom is 0.167 e. The number of rotatable bonds is 4. The van der Waals surface area contributed by atoms with E-state index in [0.29, 0.717) is 28.5 Å². The van der Waals surface area contributed by atoms with Gasteiger partial charge in [-0.15, -0.1) is 0 Å². The first kappa shape index (κ1) is 12.4. The van der Waals surface area contributed by atoms with Crippen LogP contribution in [0.15, 0.2) is 12.1 Å². The highest BCUT2D eigenvalue weighted by Gasteiger charge is 2.13. The molecule has 0 saturated carbocycles.